The lowest BCUT2D eigenvalue weighted by Crippen LogP contribution is -2.19. The average molecular weight is 392 g/mol. The number of benzene rings is 1. The fourth-order valence-corrected chi connectivity index (χ4v) is 2.95. The molecule has 0 aliphatic carbocycles. The van der Waals surface area contributed by atoms with Gasteiger partial charge >= 0.3 is 5.38 Å². The number of hydrogen-bond acceptors (Lipinski definition) is 3. The summed E-state index contributed by atoms with van der Waals surface area (Å²) in [6.07, 6.45) is -3.51. The van der Waals surface area contributed by atoms with Crippen LogP contribution in [0, 0.1) is 12.7 Å². The summed E-state index contributed by atoms with van der Waals surface area (Å²) >= 11 is 4.74. The molecule has 0 saturated carbocycles. The topological polar surface area (TPSA) is 43.1 Å². The highest BCUT2D eigenvalue weighted by atomic mass is 35.5. The first-order chi connectivity index (χ1) is 11.0. The van der Waals surface area contributed by atoms with E-state index in [1.54, 1.807) is 0 Å². The SMILES string of the molecule is Cc1cc(F)c(-c2cc(C(F)(F)Cl)on2)cc1S(=O)C(F)C(F)F. The number of nitrogens with zero attached hydrogens (tertiary/aromatic N) is 1. The molecule has 0 amide bonds. The van der Waals surface area contributed by atoms with Crippen molar-refractivity contribution in [2.45, 2.75) is 29.1 Å². The second kappa shape index (κ2) is 6.75. The van der Waals surface area contributed by atoms with Gasteiger partial charge in [0.15, 0.2) is 0 Å². The predicted octanol–water partition coefficient (Wildman–Crippen LogP) is 4.75. The van der Waals surface area contributed by atoms with E-state index < -0.39 is 55.8 Å². The number of rotatable bonds is 5. The first kappa shape index (κ1) is 18.8. The number of aromatic nitrogens is 1. The summed E-state index contributed by atoms with van der Waals surface area (Å²) in [7, 11) is -2.79. The van der Waals surface area contributed by atoms with Gasteiger partial charge in [0.2, 0.25) is 11.3 Å². The Balaban J connectivity index is 2.51. The molecular formula is C13H8ClF6NO2S. The Labute approximate surface area is 139 Å². The second-order valence-corrected chi connectivity index (χ2v) is 6.61. The van der Waals surface area contributed by atoms with Gasteiger partial charge in [-0.3, -0.25) is 4.21 Å². The quantitative estimate of drug-likeness (QED) is 0.546. The van der Waals surface area contributed by atoms with Crippen molar-refractivity contribution in [3.05, 3.63) is 35.3 Å². The highest BCUT2D eigenvalue weighted by Gasteiger charge is 2.34. The van der Waals surface area contributed by atoms with Crippen LogP contribution >= 0.6 is 11.6 Å². The molecule has 2 rings (SSSR count). The molecule has 1 aromatic heterocycles. The van der Waals surface area contributed by atoms with Crippen molar-refractivity contribution in [2.75, 3.05) is 0 Å². The third-order valence-corrected chi connectivity index (χ3v) is 4.62. The molecule has 1 heterocycles. The molecule has 2 aromatic rings. The van der Waals surface area contributed by atoms with Crippen molar-refractivity contribution < 1.29 is 35.1 Å². The fraction of sp³-hybridized carbons (Fsp3) is 0.308. The van der Waals surface area contributed by atoms with Gasteiger partial charge in [-0.05, 0) is 36.2 Å². The first-order valence-electron chi connectivity index (χ1n) is 6.19. The Morgan fingerprint density at radius 2 is 1.88 bits per heavy atom. The Hall–Kier alpha value is -1.55. The highest BCUT2D eigenvalue weighted by Crippen LogP contribution is 2.36. The van der Waals surface area contributed by atoms with Crippen molar-refractivity contribution in [1.29, 1.82) is 0 Å². The zero-order chi connectivity index (χ0) is 18.2. The van der Waals surface area contributed by atoms with Crippen LogP contribution in [0.5, 0.6) is 0 Å². The summed E-state index contributed by atoms with van der Waals surface area (Å²) in [5.41, 5.74) is -3.94. The van der Waals surface area contributed by atoms with E-state index in [-0.39, 0.29) is 5.56 Å². The zero-order valence-corrected chi connectivity index (χ0v) is 13.3. The van der Waals surface area contributed by atoms with Crippen molar-refractivity contribution >= 4 is 22.4 Å². The predicted molar refractivity (Wildman–Crippen MR) is 73.7 cm³/mol. The minimum absolute atomic E-state index is 0.0516. The molecule has 0 aliphatic rings. The molecule has 2 unspecified atom stereocenters. The lowest BCUT2D eigenvalue weighted by molar-refractivity contribution is 0.0610. The van der Waals surface area contributed by atoms with E-state index in [2.05, 4.69) is 9.68 Å². The van der Waals surface area contributed by atoms with E-state index in [1.165, 1.54) is 6.92 Å². The van der Waals surface area contributed by atoms with Gasteiger partial charge in [-0.15, -0.1) is 0 Å². The largest absolute Gasteiger partial charge is 0.382 e. The standard InChI is InChI=1S/C13H8ClF6NO2S/c1-5-2-7(15)6(3-9(5)24(22)12(18)11(16)17)8-4-10(23-21-8)13(14,19)20/h2-4,11-12H,1H3. The number of aryl methyl sites for hydroxylation is 1. The molecule has 0 saturated heterocycles. The van der Waals surface area contributed by atoms with Gasteiger partial charge in [0.1, 0.15) is 11.5 Å². The normalized spacial score (nSPS) is 14.9. The maximum absolute atomic E-state index is 14.0. The van der Waals surface area contributed by atoms with E-state index in [4.69, 9.17) is 11.6 Å². The van der Waals surface area contributed by atoms with Gasteiger partial charge in [-0.2, -0.15) is 8.78 Å². The molecule has 1 aromatic carbocycles. The molecule has 2 atom stereocenters. The van der Waals surface area contributed by atoms with E-state index in [0.29, 0.717) is 6.07 Å². The van der Waals surface area contributed by atoms with Gasteiger partial charge in [0, 0.05) is 16.5 Å². The third-order valence-electron chi connectivity index (χ3n) is 2.95. The molecule has 0 radical (unpaired) electrons. The van der Waals surface area contributed by atoms with Gasteiger partial charge < -0.3 is 4.52 Å². The summed E-state index contributed by atoms with van der Waals surface area (Å²) in [6.45, 7) is 1.24. The molecular weight excluding hydrogens is 384 g/mol. The van der Waals surface area contributed by atoms with E-state index in [1.807, 2.05) is 0 Å². The van der Waals surface area contributed by atoms with Crippen LogP contribution in [0.1, 0.15) is 11.3 Å². The zero-order valence-electron chi connectivity index (χ0n) is 11.7. The summed E-state index contributed by atoms with van der Waals surface area (Å²) < 4.78 is 93.9. The van der Waals surface area contributed by atoms with Gasteiger partial charge in [0.05, 0.1) is 10.8 Å². The molecule has 11 heteroatoms. The summed E-state index contributed by atoms with van der Waals surface area (Å²) in [6, 6.07) is 2.23. The van der Waals surface area contributed by atoms with Crippen molar-refractivity contribution in [2.24, 2.45) is 0 Å². The number of alkyl halides is 6. The van der Waals surface area contributed by atoms with Crippen molar-refractivity contribution in [1.82, 2.24) is 5.16 Å². The Morgan fingerprint density at radius 3 is 2.38 bits per heavy atom. The van der Waals surface area contributed by atoms with Gasteiger partial charge in [-0.1, -0.05) is 5.16 Å². The maximum atomic E-state index is 14.0. The van der Waals surface area contributed by atoms with Crippen LogP contribution in [0.25, 0.3) is 11.3 Å². The van der Waals surface area contributed by atoms with Crippen molar-refractivity contribution in [3.63, 3.8) is 0 Å². The number of hydrogen-bond donors (Lipinski definition) is 0. The molecule has 0 bridgehead atoms. The third kappa shape index (κ3) is 3.75. The van der Waals surface area contributed by atoms with Crippen LogP contribution in [0.2, 0.25) is 0 Å². The molecule has 132 valence electrons. The van der Waals surface area contributed by atoms with Crippen LogP contribution in [0.4, 0.5) is 26.3 Å². The fourth-order valence-electron chi connectivity index (χ4n) is 1.82. The monoisotopic (exact) mass is 391 g/mol. The van der Waals surface area contributed by atoms with E-state index in [0.717, 1.165) is 12.1 Å². The number of halogens is 7. The Kier molecular flexibility index (Phi) is 5.28. The smallest absolute Gasteiger partial charge is 0.353 e. The maximum Gasteiger partial charge on any atom is 0.382 e. The summed E-state index contributed by atoms with van der Waals surface area (Å²) in [5, 5.41) is -0.688. The van der Waals surface area contributed by atoms with Crippen LogP contribution in [0.15, 0.2) is 27.6 Å². The second-order valence-electron chi connectivity index (χ2n) is 4.65. The molecule has 24 heavy (non-hydrogen) atoms. The average Bonchev–Trinajstić information content (AvgIpc) is 2.95. The summed E-state index contributed by atoms with van der Waals surface area (Å²) in [4.78, 5) is -0.415. The highest BCUT2D eigenvalue weighted by molar-refractivity contribution is 7.85. The molecule has 0 spiro atoms. The summed E-state index contributed by atoms with van der Waals surface area (Å²) in [5.74, 6) is -2.05. The minimum Gasteiger partial charge on any atom is -0.353 e. The molecule has 3 nitrogen and oxygen atoms in total. The minimum atomic E-state index is -3.89. The van der Waals surface area contributed by atoms with Crippen LogP contribution < -0.4 is 0 Å². The van der Waals surface area contributed by atoms with E-state index >= 15 is 0 Å². The van der Waals surface area contributed by atoms with E-state index in [9.17, 15) is 30.6 Å². The molecule has 0 N–H and O–H groups in total. The lowest BCUT2D eigenvalue weighted by atomic mass is 10.1. The van der Waals surface area contributed by atoms with Crippen LogP contribution in [-0.4, -0.2) is 21.3 Å². The lowest BCUT2D eigenvalue weighted by Gasteiger charge is -2.11. The van der Waals surface area contributed by atoms with Crippen LogP contribution in [-0.2, 0) is 16.2 Å². The Morgan fingerprint density at radius 1 is 1.25 bits per heavy atom. The Bertz CT molecular complexity index is 776. The molecule has 0 aliphatic heterocycles. The van der Waals surface area contributed by atoms with Gasteiger partial charge in [-0.25, -0.2) is 17.6 Å². The van der Waals surface area contributed by atoms with Crippen molar-refractivity contribution in [3.8, 4) is 11.3 Å². The molecule has 0 fully saturated rings. The van der Waals surface area contributed by atoms with Gasteiger partial charge in [0.25, 0.3) is 6.43 Å². The first-order valence-corrected chi connectivity index (χ1v) is 7.78. The van der Waals surface area contributed by atoms with Crippen LogP contribution in [0.3, 0.4) is 0 Å².